The minimum Gasteiger partial charge on any atom is -0.190 e. The number of aromatic nitrogens is 8. The second-order valence-electron chi connectivity index (χ2n) is 3.49. The Balaban J connectivity index is 2.10. The Hall–Kier alpha value is -2.64. The van der Waals surface area contributed by atoms with Crippen LogP contribution in [0.4, 0.5) is 0 Å². The Kier molecular flexibility index (Phi) is 2.11. The number of aromatic amines is 1. The third kappa shape index (κ3) is 1.65. The van der Waals surface area contributed by atoms with E-state index in [0.717, 1.165) is 5.69 Å². The standard InChI is InChI=1S/C9H8N8/c1-6-2-4-7(5-3-6)17-9(12-15-16-17)8-10-13-14-11-8/h2-5H,1H3,(H,10,11,13,14). The summed E-state index contributed by atoms with van der Waals surface area (Å²) in [6.07, 6.45) is 0. The van der Waals surface area contributed by atoms with Gasteiger partial charge in [-0.3, -0.25) is 0 Å². The number of aryl methyl sites for hydroxylation is 1. The molecule has 0 fully saturated rings. The fourth-order valence-electron chi connectivity index (χ4n) is 1.44. The zero-order valence-corrected chi connectivity index (χ0v) is 8.94. The van der Waals surface area contributed by atoms with Gasteiger partial charge in [-0.1, -0.05) is 17.7 Å². The van der Waals surface area contributed by atoms with E-state index in [1.807, 2.05) is 31.2 Å². The molecule has 0 aliphatic heterocycles. The van der Waals surface area contributed by atoms with Crippen molar-refractivity contribution in [2.24, 2.45) is 0 Å². The van der Waals surface area contributed by atoms with Crippen molar-refractivity contribution in [3.8, 4) is 17.3 Å². The Labute approximate surface area is 95.7 Å². The van der Waals surface area contributed by atoms with Gasteiger partial charge in [-0.05, 0) is 34.7 Å². The molecule has 17 heavy (non-hydrogen) atoms. The third-order valence-electron chi connectivity index (χ3n) is 2.29. The first-order valence-corrected chi connectivity index (χ1v) is 4.94. The smallest absolute Gasteiger partial charge is 0.190 e. The number of nitrogens with one attached hydrogen (secondary N) is 1. The molecule has 0 amide bonds. The highest BCUT2D eigenvalue weighted by Crippen LogP contribution is 2.14. The highest BCUT2D eigenvalue weighted by atomic mass is 15.6. The van der Waals surface area contributed by atoms with Gasteiger partial charge in [0.15, 0.2) is 0 Å². The molecule has 3 rings (SSSR count). The Morgan fingerprint density at radius 3 is 2.65 bits per heavy atom. The summed E-state index contributed by atoms with van der Waals surface area (Å²) >= 11 is 0. The normalized spacial score (nSPS) is 10.6. The molecule has 3 aromatic rings. The summed E-state index contributed by atoms with van der Waals surface area (Å²) in [5, 5.41) is 25.0. The van der Waals surface area contributed by atoms with Crippen LogP contribution < -0.4 is 0 Å². The predicted molar refractivity (Wildman–Crippen MR) is 57.1 cm³/mol. The Bertz CT molecular complexity index is 609. The maximum Gasteiger partial charge on any atom is 0.243 e. The molecule has 8 heteroatoms. The van der Waals surface area contributed by atoms with Crippen LogP contribution in [0.25, 0.3) is 17.3 Å². The van der Waals surface area contributed by atoms with Gasteiger partial charge >= 0.3 is 0 Å². The SMILES string of the molecule is Cc1ccc(-n2nnnc2-c2nn[nH]n2)cc1. The summed E-state index contributed by atoms with van der Waals surface area (Å²) < 4.78 is 1.56. The van der Waals surface area contributed by atoms with Crippen LogP contribution in [0.3, 0.4) is 0 Å². The highest BCUT2D eigenvalue weighted by Gasteiger charge is 2.14. The largest absolute Gasteiger partial charge is 0.243 e. The minimum atomic E-state index is 0.357. The van der Waals surface area contributed by atoms with E-state index in [2.05, 4.69) is 36.1 Å². The molecule has 0 aliphatic rings. The van der Waals surface area contributed by atoms with Gasteiger partial charge in [0, 0.05) is 0 Å². The molecule has 0 bridgehead atoms. The highest BCUT2D eigenvalue weighted by molar-refractivity contribution is 5.46. The van der Waals surface area contributed by atoms with Crippen LogP contribution in [-0.4, -0.2) is 40.8 Å². The lowest BCUT2D eigenvalue weighted by atomic mass is 10.2. The van der Waals surface area contributed by atoms with Gasteiger partial charge in [-0.2, -0.15) is 9.90 Å². The molecular weight excluding hydrogens is 220 g/mol. The Morgan fingerprint density at radius 2 is 1.94 bits per heavy atom. The van der Waals surface area contributed by atoms with Crippen molar-refractivity contribution in [1.29, 1.82) is 0 Å². The second-order valence-corrected chi connectivity index (χ2v) is 3.49. The van der Waals surface area contributed by atoms with Crippen molar-refractivity contribution in [2.75, 3.05) is 0 Å². The lowest BCUT2D eigenvalue weighted by Crippen LogP contribution is -2.00. The number of rotatable bonds is 2. The van der Waals surface area contributed by atoms with Crippen LogP contribution in [0.15, 0.2) is 24.3 Å². The van der Waals surface area contributed by atoms with Gasteiger partial charge in [0.05, 0.1) is 5.69 Å². The predicted octanol–water partition coefficient (Wildman–Crippen LogP) is 0.151. The minimum absolute atomic E-state index is 0.357. The van der Waals surface area contributed by atoms with E-state index in [9.17, 15) is 0 Å². The van der Waals surface area contributed by atoms with E-state index < -0.39 is 0 Å². The van der Waals surface area contributed by atoms with E-state index in [0.29, 0.717) is 11.6 Å². The monoisotopic (exact) mass is 228 g/mol. The molecule has 2 aromatic heterocycles. The van der Waals surface area contributed by atoms with Gasteiger partial charge in [0.1, 0.15) is 0 Å². The second kappa shape index (κ2) is 3.74. The first kappa shape index (κ1) is 9.58. The van der Waals surface area contributed by atoms with Crippen molar-refractivity contribution < 1.29 is 0 Å². The molecular formula is C9H8N8. The van der Waals surface area contributed by atoms with Gasteiger partial charge in [0.25, 0.3) is 0 Å². The van der Waals surface area contributed by atoms with Crippen molar-refractivity contribution in [1.82, 2.24) is 40.8 Å². The number of nitrogens with zero attached hydrogens (tertiary/aromatic N) is 7. The fourth-order valence-corrected chi connectivity index (χ4v) is 1.44. The summed E-state index contributed by atoms with van der Waals surface area (Å²) in [7, 11) is 0. The number of tetrazole rings is 2. The van der Waals surface area contributed by atoms with Crippen LogP contribution in [-0.2, 0) is 0 Å². The van der Waals surface area contributed by atoms with Crippen LogP contribution in [0.5, 0.6) is 0 Å². The zero-order valence-electron chi connectivity index (χ0n) is 8.94. The van der Waals surface area contributed by atoms with Gasteiger partial charge < -0.3 is 0 Å². The van der Waals surface area contributed by atoms with E-state index in [1.54, 1.807) is 4.68 Å². The van der Waals surface area contributed by atoms with Crippen LogP contribution in [0, 0.1) is 6.92 Å². The quantitative estimate of drug-likeness (QED) is 0.670. The van der Waals surface area contributed by atoms with Gasteiger partial charge in [-0.15, -0.1) is 15.3 Å². The molecule has 1 aromatic carbocycles. The summed E-state index contributed by atoms with van der Waals surface area (Å²) in [6, 6.07) is 7.82. The van der Waals surface area contributed by atoms with Crippen LogP contribution in [0.1, 0.15) is 5.56 Å². The average Bonchev–Trinajstić information content (AvgIpc) is 3.00. The summed E-state index contributed by atoms with van der Waals surface area (Å²) in [6.45, 7) is 2.02. The summed E-state index contributed by atoms with van der Waals surface area (Å²) in [5.41, 5.74) is 2.02. The lowest BCUT2D eigenvalue weighted by molar-refractivity contribution is 0.789. The molecule has 0 radical (unpaired) electrons. The number of hydrogen-bond donors (Lipinski definition) is 1. The zero-order chi connectivity index (χ0) is 11.7. The topological polar surface area (TPSA) is 98.1 Å². The lowest BCUT2D eigenvalue weighted by Gasteiger charge is -2.01. The van der Waals surface area contributed by atoms with E-state index in [1.165, 1.54) is 5.56 Å². The van der Waals surface area contributed by atoms with Crippen molar-refractivity contribution in [2.45, 2.75) is 6.92 Å². The fraction of sp³-hybridized carbons (Fsp3) is 0.111. The Morgan fingerprint density at radius 1 is 1.12 bits per heavy atom. The number of H-pyrrole nitrogens is 1. The van der Waals surface area contributed by atoms with Gasteiger partial charge in [0.2, 0.25) is 11.6 Å². The van der Waals surface area contributed by atoms with E-state index >= 15 is 0 Å². The summed E-state index contributed by atoms with van der Waals surface area (Å²) in [4.78, 5) is 0. The third-order valence-corrected chi connectivity index (χ3v) is 2.29. The average molecular weight is 228 g/mol. The van der Waals surface area contributed by atoms with Crippen LogP contribution >= 0.6 is 0 Å². The first-order valence-electron chi connectivity index (χ1n) is 4.94. The maximum atomic E-state index is 3.91. The van der Waals surface area contributed by atoms with E-state index in [-0.39, 0.29) is 0 Å². The van der Waals surface area contributed by atoms with Crippen molar-refractivity contribution in [3.05, 3.63) is 29.8 Å². The van der Waals surface area contributed by atoms with Crippen molar-refractivity contribution in [3.63, 3.8) is 0 Å². The molecule has 84 valence electrons. The molecule has 0 atom stereocenters. The number of hydrogen-bond acceptors (Lipinski definition) is 6. The molecule has 0 unspecified atom stereocenters. The first-order chi connectivity index (χ1) is 8.34. The number of benzene rings is 1. The van der Waals surface area contributed by atoms with Crippen molar-refractivity contribution >= 4 is 0 Å². The summed E-state index contributed by atoms with van der Waals surface area (Å²) in [5.74, 6) is 0.804. The molecule has 0 saturated heterocycles. The molecule has 8 nitrogen and oxygen atoms in total. The molecule has 0 aliphatic carbocycles. The van der Waals surface area contributed by atoms with Gasteiger partial charge in [-0.25, -0.2) is 0 Å². The molecule has 2 heterocycles. The van der Waals surface area contributed by atoms with Crippen LogP contribution in [0.2, 0.25) is 0 Å². The van der Waals surface area contributed by atoms with E-state index in [4.69, 9.17) is 0 Å². The maximum absolute atomic E-state index is 3.91. The molecule has 0 saturated carbocycles. The molecule has 1 N–H and O–H groups in total. The molecule has 0 spiro atoms.